The summed E-state index contributed by atoms with van der Waals surface area (Å²) in [6, 6.07) is -1.25. The van der Waals surface area contributed by atoms with Crippen molar-refractivity contribution in [2.24, 2.45) is 5.92 Å². The quantitative estimate of drug-likeness (QED) is 0.0500. The number of aliphatic carboxylic acids is 2. The number of hydrogen-bond donors (Lipinski definition) is 5. The molecule has 1 rings (SSSR count). The number of rotatable bonds is 39. The molecule has 0 saturated carbocycles. The Morgan fingerprint density at radius 3 is 1.56 bits per heavy atom. The van der Waals surface area contributed by atoms with Crippen molar-refractivity contribution >= 4 is 41.4 Å². The number of ketones is 1. The first-order valence-corrected chi connectivity index (χ1v) is 23.3. The van der Waals surface area contributed by atoms with Gasteiger partial charge in [0.25, 0.3) is 0 Å². The minimum atomic E-state index is -1.25. The molecular formula is C45H82N4O13. The van der Waals surface area contributed by atoms with E-state index in [0.29, 0.717) is 91.5 Å². The first-order chi connectivity index (χ1) is 29.9. The highest BCUT2D eigenvalue weighted by molar-refractivity contribution is 5.89. The summed E-state index contributed by atoms with van der Waals surface area (Å²) >= 11 is 0. The van der Waals surface area contributed by atoms with Crippen LogP contribution in [0, 0.1) is 5.92 Å². The van der Waals surface area contributed by atoms with E-state index in [1.807, 2.05) is 11.8 Å². The van der Waals surface area contributed by atoms with E-state index in [-0.39, 0.29) is 49.1 Å². The third kappa shape index (κ3) is 36.9. The van der Waals surface area contributed by atoms with Gasteiger partial charge in [-0.05, 0) is 46.5 Å². The Labute approximate surface area is 370 Å². The van der Waals surface area contributed by atoms with Crippen LogP contribution in [-0.2, 0) is 52.5 Å². The molecule has 17 heteroatoms. The zero-order valence-corrected chi connectivity index (χ0v) is 38.3. The van der Waals surface area contributed by atoms with Crippen molar-refractivity contribution in [1.29, 1.82) is 0 Å². The summed E-state index contributed by atoms with van der Waals surface area (Å²) in [7, 11) is 0. The van der Waals surface area contributed by atoms with Gasteiger partial charge >= 0.3 is 11.9 Å². The molecule has 0 aromatic rings. The van der Waals surface area contributed by atoms with Gasteiger partial charge in [0.15, 0.2) is 5.78 Å². The number of nitrogens with one attached hydrogen (secondary N) is 3. The molecular weight excluding hydrogens is 805 g/mol. The standard InChI is InChI=1S/C32H57N3O7.C13H25NO6/c1-2-33-28(36)25-27(32(41)42)34-31(40)26-21-23-35(24-22-26)29(37)19-17-15-13-11-9-7-5-3-4-6-8-10-12-14-16-18-20-30(38)39;1-3-17-6-8-20-11-13(16)14-4-5-18-7-9-19-10-12(2)15/h26-27H,2-25H2,1H3,(H,33,36)(H,34,40)(H,38,39)(H,41,42);3-11H2,1-2H3,(H,14,16)/t27-;/m1./s1. The second-order valence-corrected chi connectivity index (χ2v) is 15.7. The maximum absolute atomic E-state index is 12.6. The number of nitrogens with zero attached hydrogens (tertiary/aromatic N) is 1. The number of carboxylic acid groups (broad SMARTS) is 2. The van der Waals surface area contributed by atoms with Crippen molar-refractivity contribution in [3.63, 3.8) is 0 Å². The van der Waals surface area contributed by atoms with Crippen molar-refractivity contribution in [2.45, 2.75) is 162 Å². The van der Waals surface area contributed by atoms with Gasteiger partial charge in [-0.3, -0.25) is 28.8 Å². The molecule has 0 unspecified atom stereocenters. The van der Waals surface area contributed by atoms with Crippen molar-refractivity contribution in [1.82, 2.24) is 20.9 Å². The van der Waals surface area contributed by atoms with Crippen LogP contribution < -0.4 is 16.0 Å². The lowest BCUT2D eigenvalue weighted by Crippen LogP contribution is -2.49. The fourth-order valence-corrected chi connectivity index (χ4v) is 6.70. The van der Waals surface area contributed by atoms with E-state index >= 15 is 0 Å². The number of likely N-dealkylation sites (tertiary alicyclic amines) is 1. The van der Waals surface area contributed by atoms with Gasteiger partial charge in [0.2, 0.25) is 23.6 Å². The van der Waals surface area contributed by atoms with Crippen LogP contribution in [-0.4, -0.2) is 142 Å². The first kappa shape index (κ1) is 58.3. The molecule has 1 aliphatic heterocycles. The number of amides is 4. The van der Waals surface area contributed by atoms with E-state index in [0.717, 1.165) is 38.5 Å². The molecule has 0 aliphatic carbocycles. The van der Waals surface area contributed by atoms with Crippen LogP contribution in [0.4, 0.5) is 0 Å². The number of carbonyl (C=O) groups is 7. The summed E-state index contributed by atoms with van der Waals surface area (Å²) in [6.45, 7) is 9.76. The number of ether oxygens (including phenoxy) is 4. The number of unbranched alkanes of at least 4 members (excludes halogenated alkanes) is 15. The van der Waals surface area contributed by atoms with Crippen molar-refractivity contribution in [3.05, 3.63) is 0 Å². The molecule has 0 aromatic carbocycles. The minimum absolute atomic E-state index is 0.0124. The lowest BCUT2D eigenvalue weighted by Gasteiger charge is -2.32. The molecule has 4 amide bonds. The number of carbonyl (C=O) groups excluding carboxylic acids is 5. The van der Waals surface area contributed by atoms with Gasteiger partial charge < -0.3 is 50.0 Å². The normalized spacial score (nSPS) is 13.1. The Kier molecular flexibility index (Phi) is 38.9. The number of Topliss-reactive ketones (excluding diaryl/α,β-unsaturated/α-hetero) is 1. The number of piperidine rings is 1. The molecule has 1 aliphatic rings. The summed E-state index contributed by atoms with van der Waals surface area (Å²) in [4.78, 5) is 82.5. The van der Waals surface area contributed by atoms with Crippen molar-refractivity contribution in [2.75, 3.05) is 79.0 Å². The number of carboxylic acids is 2. The van der Waals surface area contributed by atoms with Crippen molar-refractivity contribution in [3.8, 4) is 0 Å². The number of hydrogen-bond acceptors (Lipinski definition) is 11. The van der Waals surface area contributed by atoms with E-state index in [1.165, 1.54) is 71.1 Å². The lowest BCUT2D eigenvalue weighted by atomic mass is 9.95. The molecule has 1 atom stereocenters. The SMILES string of the molecule is CCNC(=O)C[C@@H](NC(=O)C1CCN(C(=O)CCCCCCCCCCCCCCCCCCC(=O)O)CC1)C(=O)O.CCOCCOCC(=O)NCCOCCOCC(C)=O. The molecule has 1 heterocycles. The monoisotopic (exact) mass is 887 g/mol. The van der Waals surface area contributed by atoms with Crippen LogP contribution in [0.3, 0.4) is 0 Å². The summed E-state index contributed by atoms with van der Waals surface area (Å²) in [5, 5.41) is 25.7. The average Bonchev–Trinajstić information content (AvgIpc) is 3.23. The Morgan fingerprint density at radius 1 is 0.597 bits per heavy atom. The minimum Gasteiger partial charge on any atom is -0.481 e. The van der Waals surface area contributed by atoms with Gasteiger partial charge in [0.05, 0.1) is 39.5 Å². The van der Waals surface area contributed by atoms with Gasteiger partial charge in [-0.25, -0.2) is 4.79 Å². The van der Waals surface area contributed by atoms with E-state index in [4.69, 9.17) is 24.1 Å². The molecule has 1 fully saturated rings. The van der Waals surface area contributed by atoms with Crippen LogP contribution >= 0.6 is 0 Å². The third-order valence-corrected chi connectivity index (χ3v) is 10.2. The average molecular weight is 887 g/mol. The smallest absolute Gasteiger partial charge is 0.326 e. The molecule has 0 radical (unpaired) electrons. The molecule has 0 aromatic heterocycles. The van der Waals surface area contributed by atoms with Gasteiger partial charge in [0, 0.05) is 51.5 Å². The van der Waals surface area contributed by atoms with E-state index < -0.39 is 23.9 Å². The molecule has 1 saturated heterocycles. The predicted octanol–water partition coefficient (Wildman–Crippen LogP) is 5.20. The molecule has 360 valence electrons. The largest absolute Gasteiger partial charge is 0.481 e. The van der Waals surface area contributed by atoms with E-state index in [1.54, 1.807) is 6.92 Å². The van der Waals surface area contributed by atoms with E-state index in [9.17, 15) is 38.7 Å². The van der Waals surface area contributed by atoms with Crippen LogP contribution in [0.25, 0.3) is 0 Å². The summed E-state index contributed by atoms with van der Waals surface area (Å²) in [6.07, 6.45) is 20.4. The molecule has 62 heavy (non-hydrogen) atoms. The highest BCUT2D eigenvalue weighted by Crippen LogP contribution is 2.20. The molecule has 0 spiro atoms. The lowest BCUT2D eigenvalue weighted by molar-refractivity contribution is -0.144. The summed E-state index contributed by atoms with van der Waals surface area (Å²) < 4.78 is 20.4. The second kappa shape index (κ2) is 41.3. The zero-order chi connectivity index (χ0) is 46.1. The topological polar surface area (TPSA) is 236 Å². The van der Waals surface area contributed by atoms with Crippen LogP contribution in [0.2, 0.25) is 0 Å². The fraction of sp³-hybridized carbons (Fsp3) is 0.844. The molecule has 5 N–H and O–H groups in total. The fourth-order valence-electron chi connectivity index (χ4n) is 6.70. The predicted molar refractivity (Wildman–Crippen MR) is 236 cm³/mol. The third-order valence-electron chi connectivity index (χ3n) is 10.2. The maximum Gasteiger partial charge on any atom is 0.326 e. The second-order valence-electron chi connectivity index (χ2n) is 15.7. The Hall–Kier alpha value is -3.67. The van der Waals surface area contributed by atoms with Gasteiger partial charge in [-0.2, -0.15) is 0 Å². The van der Waals surface area contributed by atoms with Crippen molar-refractivity contribution < 1.29 is 62.7 Å². The van der Waals surface area contributed by atoms with Gasteiger partial charge in [-0.1, -0.05) is 89.9 Å². The van der Waals surface area contributed by atoms with Crippen LogP contribution in [0.5, 0.6) is 0 Å². The first-order valence-electron chi connectivity index (χ1n) is 23.3. The van der Waals surface area contributed by atoms with Crippen LogP contribution in [0.1, 0.15) is 156 Å². The highest BCUT2D eigenvalue weighted by atomic mass is 16.5. The van der Waals surface area contributed by atoms with Gasteiger partial charge in [-0.15, -0.1) is 0 Å². The van der Waals surface area contributed by atoms with Crippen LogP contribution in [0.15, 0.2) is 0 Å². The highest BCUT2D eigenvalue weighted by Gasteiger charge is 2.30. The van der Waals surface area contributed by atoms with Gasteiger partial charge in [0.1, 0.15) is 19.3 Å². The maximum atomic E-state index is 12.6. The Morgan fingerprint density at radius 2 is 1.08 bits per heavy atom. The Balaban J connectivity index is 0.00000156. The molecule has 17 nitrogen and oxygen atoms in total. The summed E-state index contributed by atoms with van der Waals surface area (Å²) in [5.41, 5.74) is 0. The molecule has 0 bridgehead atoms. The van der Waals surface area contributed by atoms with E-state index in [2.05, 4.69) is 16.0 Å². The summed E-state index contributed by atoms with van der Waals surface area (Å²) in [5.74, 6) is -3.11. The Bertz CT molecular complexity index is 1210. The zero-order valence-electron chi connectivity index (χ0n) is 38.3.